The van der Waals surface area contributed by atoms with Crippen LogP contribution >= 0.6 is 35.3 Å². The number of thiazole rings is 1. The molecule has 0 aliphatic rings. The van der Waals surface area contributed by atoms with Crippen LogP contribution in [0, 0.1) is 6.92 Å². The SMILES string of the molecule is CCNC(=NCCNS(=O)(=O)c1cccnc1)N(C)Cc1csc(C)n1.I. The van der Waals surface area contributed by atoms with Crippen LogP contribution in [0.4, 0.5) is 0 Å². The van der Waals surface area contributed by atoms with Crippen molar-refractivity contribution in [2.45, 2.75) is 25.3 Å². The van der Waals surface area contributed by atoms with Gasteiger partial charge in [-0.1, -0.05) is 0 Å². The summed E-state index contributed by atoms with van der Waals surface area (Å²) >= 11 is 1.61. The van der Waals surface area contributed by atoms with Crippen LogP contribution in [-0.2, 0) is 16.6 Å². The summed E-state index contributed by atoms with van der Waals surface area (Å²) in [4.78, 5) is 14.9. The van der Waals surface area contributed by atoms with Gasteiger partial charge in [-0.2, -0.15) is 0 Å². The number of sulfonamides is 1. The Kier molecular flexibility index (Phi) is 10.1. The number of aromatic nitrogens is 2. The fourth-order valence-corrected chi connectivity index (χ4v) is 3.79. The first-order valence-corrected chi connectivity index (χ1v) is 10.6. The van der Waals surface area contributed by atoms with E-state index in [-0.39, 0.29) is 35.4 Å². The molecule has 0 fully saturated rings. The molecule has 0 aromatic carbocycles. The fraction of sp³-hybridized carbons (Fsp3) is 0.438. The van der Waals surface area contributed by atoms with E-state index in [1.54, 1.807) is 17.4 Å². The van der Waals surface area contributed by atoms with Crippen LogP contribution in [0.1, 0.15) is 17.6 Å². The van der Waals surface area contributed by atoms with Gasteiger partial charge in [0, 0.05) is 37.9 Å². The molecule has 2 rings (SSSR count). The second-order valence-electron chi connectivity index (χ2n) is 5.54. The van der Waals surface area contributed by atoms with Crippen LogP contribution in [0.5, 0.6) is 0 Å². The highest BCUT2D eigenvalue weighted by Gasteiger charge is 2.13. The van der Waals surface area contributed by atoms with Crippen LogP contribution in [0.3, 0.4) is 0 Å². The number of pyridine rings is 1. The highest BCUT2D eigenvalue weighted by Crippen LogP contribution is 2.10. The average molecular weight is 524 g/mol. The van der Waals surface area contributed by atoms with Gasteiger partial charge in [0.25, 0.3) is 0 Å². The van der Waals surface area contributed by atoms with Crippen molar-refractivity contribution < 1.29 is 8.42 Å². The molecule has 0 spiro atoms. The lowest BCUT2D eigenvalue weighted by Gasteiger charge is -2.21. The highest BCUT2D eigenvalue weighted by molar-refractivity contribution is 14.0. The van der Waals surface area contributed by atoms with Gasteiger partial charge in [-0.15, -0.1) is 35.3 Å². The quantitative estimate of drug-likeness (QED) is 0.237. The van der Waals surface area contributed by atoms with Gasteiger partial charge in [-0.05, 0) is 26.0 Å². The maximum atomic E-state index is 12.1. The van der Waals surface area contributed by atoms with Crippen molar-refractivity contribution in [3.05, 3.63) is 40.6 Å². The molecule has 0 aliphatic carbocycles. The molecule has 0 radical (unpaired) electrons. The van der Waals surface area contributed by atoms with Crippen LogP contribution < -0.4 is 10.0 Å². The molecule has 2 N–H and O–H groups in total. The molecule has 0 saturated heterocycles. The Hall–Kier alpha value is -1.31. The van der Waals surface area contributed by atoms with Crippen molar-refractivity contribution in [1.29, 1.82) is 0 Å². The van der Waals surface area contributed by atoms with E-state index in [1.165, 1.54) is 18.5 Å². The van der Waals surface area contributed by atoms with Gasteiger partial charge >= 0.3 is 0 Å². The molecule has 0 amide bonds. The summed E-state index contributed by atoms with van der Waals surface area (Å²) in [5.41, 5.74) is 0.984. The molecule has 0 unspecified atom stereocenters. The molecular formula is C16H25IN6O2S2. The topological polar surface area (TPSA) is 99.6 Å². The van der Waals surface area contributed by atoms with Crippen molar-refractivity contribution in [1.82, 2.24) is 24.9 Å². The standard InChI is InChI=1S/C16H24N6O2S2.HI/c1-4-18-16(22(3)11-14-12-25-13(2)21-14)19-8-9-20-26(23,24)15-6-5-7-17-10-15;/h5-7,10,12,20H,4,8-9,11H2,1-3H3,(H,18,19);1H. The number of hydrogen-bond donors (Lipinski definition) is 2. The van der Waals surface area contributed by atoms with Gasteiger partial charge < -0.3 is 10.2 Å². The molecule has 0 atom stereocenters. The van der Waals surface area contributed by atoms with E-state index < -0.39 is 10.0 Å². The van der Waals surface area contributed by atoms with Gasteiger partial charge in [0.05, 0.1) is 23.8 Å². The second-order valence-corrected chi connectivity index (χ2v) is 8.37. The number of nitrogens with zero attached hydrogens (tertiary/aromatic N) is 4. The van der Waals surface area contributed by atoms with E-state index in [0.29, 0.717) is 19.0 Å². The van der Waals surface area contributed by atoms with Crippen molar-refractivity contribution in [2.75, 3.05) is 26.7 Å². The van der Waals surface area contributed by atoms with E-state index in [0.717, 1.165) is 17.2 Å². The highest BCUT2D eigenvalue weighted by atomic mass is 127. The number of rotatable bonds is 8. The minimum atomic E-state index is -3.56. The van der Waals surface area contributed by atoms with Crippen LogP contribution in [0.2, 0.25) is 0 Å². The minimum absolute atomic E-state index is 0. The maximum absolute atomic E-state index is 12.1. The molecule has 2 aromatic rings. The first kappa shape index (κ1) is 23.7. The molecule has 0 aliphatic heterocycles. The number of aliphatic imine (C=N–C) groups is 1. The zero-order valence-electron chi connectivity index (χ0n) is 15.5. The summed E-state index contributed by atoms with van der Waals surface area (Å²) in [5.74, 6) is 0.707. The maximum Gasteiger partial charge on any atom is 0.242 e. The van der Waals surface area contributed by atoms with Crippen molar-refractivity contribution in [3.63, 3.8) is 0 Å². The van der Waals surface area contributed by atoms with Crippen molar-refractivity contribution >= 4 is 51.3 Å². The third-order valence-electron chi connectivity index (χ3n) is 3.37. The molecule has 150 valence electrons. The Balaban J connectivity index is 0.00000364. The molecule has 0 bridgehead atoms. The normalized spacial score (nSPS) is 11.7. The molecular weight excluding hydrogens is 499 g/mol. The first-order valence-electron chi connectivity index (χ1n) is 8.22. The number of aryl methyl sites for hydroxylation is 1. The van der Waals surface area contributed by atoms with Crippen molar-refractivity contribution in [2.24, 2.45) is 4.99 Å². The summed E-state index contributed by atoms with van der Waals surface area (Å²) in [6.07, 6.45) is 2.85. The van der Waals surface area contributed by atoms with Gasteiger partial charge in [-0.3, -0.25) is 9.98 Å². The summed E-state index contributed by atoms with van der Waals surface area (Å²) in [5, 5.41) is 6.26. The van der Waals surface area contributed by atoms with E-state index in [4.69, 9.17) is 0 Å². The van der Waals surface area contributed by atoms with Gasteiger partial charge in [-0.25, -0.2) is 18.1 Å². The second kappa shape index (κ2) is 11.5. The van der Waals surface area contributed by atoms with E-state index in [1.807, 2.05) is 31.2 Å². The molecule has 2 aromatic heterocycles. The Morgan fingerprint density at radius 1 is 1.41 bits per heavy atom. The number of nitrogens with one attached hydrogen (secondary N) is 2. The lowest BCUT2D eigenvalue weighted by molar-refractivity contribution is 0.471. The molecule has 27 heavy (non-hydrogen) atoms. The molecule has 2 heterocycles. The Bertz CT molecular complexity index is 826. The average Bonchev–Trinajstić information content (AvgIpc) is 3.03. The Labute approximate surface area is 181 Å². The third-order valence-corrected chi connectivity index (χ3v) is 5.64. The predicted octanol–water partition coefficient (Wildman–Crippen LogP) is 1.84. The van der Waals surface area contributed by atoms with Crippen LogP contribution in [0.15, 0.2) is 39.8 Å². The number of halogens is 1. The van der Waals surface area contributed by atoms with E-state index in [9.17, 15) is 8.42 Å². The monoisotopic (exact) mass is 524 g/mol. The number of hydrogen-bond acceptors (Lipinski definition) is 6. The van der Waals surface area contributed by atoms with E-state index >= 15 is 0 Å². The number of guanidine groups is 1. The van der Waals surface area contributed by atoms with Crippen LogP contribution in [-0.4, -0.2) is 55.9 Å². The largest absolute Gasteiger partial charge is 0.357 e. The molecule has 0 saturated carbocycles. The Morgan fingerprint density at radius 2 is 2.19 bits per heavy atom. The van der Waals surface area contributed by atoms with E-state index in [2.05, 4.69) is 25.0 Å². The zero-order chi connectivity index (χ0) is 19.0. The van der Waals surface area contributed by atoms with Crippen LogP contribution in [0.25, 0.3) is 0 Å². The molecule has 11 heteroatoms. The van der Waals surface area contributed by atoms with Crippen molar-refractivity contribution in [3.8, 4) is 0 Å². The van der Waals surface area contributed by atoms with Gasteiger partial charge in [0.2, 0.25) is 10.0 Å². The summed E-state index contributed by atoms with van der Waals surface area (Å²) < 4.78 is 26.8. The van der Waals surface area contributed by atoms with Gasteiger partial charge in [0.1, 0.15) is 4.90 Å². The smallest absolute Gasteiger partial charge is 0.242 e. The first-order chi connectivity index (χ1) is 12.4. The third kappa shape index (κ3) is 7.68. The lowest BCUT2D eigenvalue weighted by atomic mass is 10.4. The summed E-state index contributed by atoms with van der Waals surface area (Å²) in [7, 11) is -1.63. The summed E-state index contributed by atoms with van der Waals surface area (Å²) in [6.45, 7) is 5.85. The Morgan fingerprint density at radius 3 is 2.78 bits per heavy atom. The summed E-state index contributed by atoms with van der Waals surface area (Å²) in [6, 6.07) is 3.09. The predicted molar refractivity (Wildman–Crippen MR) is 119 cm³/mol. The van der Waals surface area contributed by atoms with Gasteiger partial charge in [0.15, 0.2) is 5.96 Å². The molecule has 8 nitrogen and oxygen atoms in total. The fourth-order valence-electron chi connectivity index (χ4n) is 2.20. The minimum Gasteiger partial charge on any atom is -0.357 e. The lowest BCUT2D eigenvalue weighted by Crippen LogP contribution is -2.39. The zero-order valence-corrected chi connectivity index (χ0v) is 19.5.